The molecule has 57 heavy (non-hydrogen) atoms. The Bertz CT molecular complexity index is 2030. The van der Waals surface area contributed by atoms with Crippen molar-refractivity contribution in [2.24, 2.45) is 5.73 Å². The van der Waals surface area contributed by atoms with Crippen LogP contribution in [0.4, 0.5) is 5.82 Å². The Morgan fingerprint density at radius 3 is 1.61 bits per heavy atom. The van der Waals surface area contributed by atoms with Gasteiger partial charge in [-0.1, -0.05) is 51.1 Å². The number of fused-ring (bicyclic) bond motifs is 4. The fraction of sp³-hybridized carbons (Fsp3) is 0.700. The first kappa shape index (κ1) is 41.4. The average Bonchev–Trinajstić information content (AvgIpc) is 4.00. The van der Waals surface area contributed by atoms with E-state index in [9.17, 15) is 0 Å². The van der Waals surface area contributed by atoms with Crippen molar-refractivity contribution in [3.63, 3.8) is 0 Å². The Morgan fingerprint density at radius 2 is 1.12 bits per heavy atom. The lowest BCUT2D eigenvalue weighted by atomic mass is 10.0. The Labute approximate surface area is 348 Å². The molecule has 312 valence electrons. The van der Waals surface area contributed by atoms with Gasteiger partial charge in [-0.15, -0.1) is 10.2 Å². The summed E-state index contributed by atoms with van der Waals surface area (Å²) < 4.78 is 40.5. The number of hydrogen-bond donors (Lipinski definition) is 2. The van der Waals surface area contributed by atoms with Crippen molar-refractivity contribution >= 4 is 51.7 Å². The van der Waals surface area contributed by atoms with Crippen molar-refractivity contribution in [2.45, 2.75) is 178 Å². The first-order valence-electron chi connectivity index (χ1n) is 20.5. The molecule has 6 fully saturated rings. The molecule has 4 saturated heterocycles. The quantitative estimate of drug-likeness (QED) is 0.192. The SMILES string of the molecule is CC[C@H]1OC(c2ccc3c(Cl)nc(Cl)nn23)[C@@H]2OC(C)(C)O[C@H]12.CC[C@H]1OC(c2ccc3c(NC4CCCC4)nc(Cl)nn23)[C@@H]2OC(C)(C)O[C@H]12.NC1CCCC1. The van der Waals surface area contributed by atoms with E-state index in [0.717, 1.165) is 48.4 Å². The lowest BCUT2D eigenvalue weighted by molar-refractivity contribution is -0.188. The summed E-state index contributed by atoms with van der Waals surface area (Å²) in [5.41, 5.74) is 8.88. The zero-order valence-electron chi connectivity index (χ0n) is 33.5. The fourth-order valence-corrected chi connectivity index (χ4v) is 9.79. The average molecular weight is 850 g/mol. The van der Waals surface area contributed by atoms with Gasteiger partial charge < -0.3 is 39.5 Å². The normalized spacial score (nSPS) is 31.7. The molecule has 2 aliphatic carbocycles. The van der Waals surface area contributed by atoms with Crippen LogP contribution in [0, 0.1) is 0 Å². The predicted molar refractivity (Wildman–Crippen MR) is 217 cm³/mol. The predicted octanol–water partition coefficient (Wildman–Crippen LogP) is 8.40. The number of ether oxygens (including phenoxy) is 6. The Hall–Kier alpha value is -2.37. The van der Waals surface area contributed by atoms with Crippen LogP contribution in [-0.4, -0.2) is 89.5 Å². The van der Waals surface area contributed by atoms with E-state index in [-0.39, 0.29) is 59.4 Å². The zero-order valence-corrected chi connectivity index (χ0v) is 35.8. The molecule has 2 unspecified atom stereocenters. The van der Waals surface area contributed by atoms with Crippen molar-refractivity contribution in [3.8, 4) is 0 Å². The molecule has 0 aromatic carbocycles. The minimum atomic E-state index is -0.623. The molecule has 8 atom stereocenters. The second kappa shape index (κ2) is 16.6. The molecule has 0 radical (unpaired) electrons. The Kier molecular flexibility index (Phi) is 12.0. The van der Waals surface area contributed by atoms with Crippen molar-refractivity contribution in [2.75, 3.05) is 5.32 Å². The second-order valence-corrected chi connectivity index (χ2v) is 17.9. The summed E-state index contributed by atoms with van der Waals surface area (Å²) in [5, 5.41) is 12.9. The molecule has 6 aliphatic rings. The van der Waals surface area contributed by atoms with Crippen molar-refractivity contribution in [1.82, 2.24) is 29.2 Å². The minimum absolute atomic E-state index is 0.00396. The van der Waals surface area contributed by atoms with Gasteiger partial charge in [-0.3, -0.25) is 0 Å². The highest BCUT2D eigenvalue weighted by atomic mass is 35.5. The van der Waals surface area contributed by atoms with E-state index in [1.54, 1.807) is 4.52 Å². The van der Waals surface area contributed by atoms with Gasteiger partial charge in [0.1, 0.15) is 47.7 Å². The molecular formula is C40H55Cl3N8O6. The number of hydrogen-bond acceptors (Lipinski definition) is 12. The van der Waals surface area contributed by atoms with Gasteiger partial charge in [-0.05, 0) is 114 Å². The molecule has 0 spiro atoms. The largest absolute Gasteiger partial charge is 0.365 e. The first-order chi connectivity index (χ1) is 27.2. The molecule has 0 amide bonds. The van der Waals surface area contributed by atoms with Crippen LogP contribution in [0.5, 0.6) is 0 Å². The van der Waals surface area contributed by atoms with Gasteiger partial charge in [0, 0.05) is 12.1 Å². The van der Waals surface area contributed by atoms with Crippen LogP contribution < -0.4 is 11.1 Å². The van der Waals surface area contributed by atoms with Crippen LogP contribution in [0.15, 0.2) is 24.3 Å². The minimum Gasteiger partial charge on any atom is -0.365 e. The van der Waals surface area contributed by atoms with Crippen LogP contribution in [-0.2, 0) is 28.4 Å². The van der Waals surface area contributed by atoms with Crippen LogP contribution in [0.25, 0.3) is 11.0 Å². The van der Waals surface area contributed by atoms with E-state index >= 15 is 0 Å². The Morgan fingerprint density at radius 1 is 0.667 bits per heavy atom. The summed E-state index contributed by atoms with van der Waals surface area (Å²) in [6.07, 6.45) is 10.7. The van der Waals surface area contributed by atoms with Crippen molar-refractivity contribution < 1.29 is 28.4 Å². The summed E-state index contributed by atoms with van der Waals surface area (Å²) in [5.74, 6) is -0.453. The number of nitrogens with zero attached hydrogens (tertiary/aromatic N) is 6. The van der Waals surface area contributed by atoms with E-state index in [2.05, 4.69) is 39.3 Å². The van der Waals surface area contributed by atoms with Crippen LogP contribution in [0.3, 0.4) is 0 Å². The maximum absolute atomic E-state index is 6.34. The highest BCUT2D eigenvalue weighted by Crippen LogP contribution is 2.48. The second-order valence-electron chi connectivity index (χ2n) is 16.8. The van der Waals surface area contributed by atoms with E-state index in [1.165, 1.54) is 38.5 Å². The van der Waals surface area contributed by atoms with E-state index in [0.29, 0.717) is 22.8 Å². The molecule has 3 N–H and O–H groups in total. The smallest absolute Gasteiger partial charge is 0.243 e. The molecule has 8 heterocycles. The van der Waals surface area contributed by atoms with Crippen LogP contribution in [0.1, 0.15) is 129 Å². The lowest BCUT2D eigenvalue weighted by Crippen LogP contribution is -2.28. The van der Waals surface area contributed by atoms with Crippen LogP contribution in [0.2, 0.25) is 15.7 Å². The summed E-state index contributed by atoms with van der Waals surface area (Å²) in [6, 6.07) is 8.82. The molecule has 2 saturated carbocycles. The van der Waals surface area contributed by atoms with E-state index in [1.807, 2.05) is 56.5 Å². The van der Waals surface area contributed by atoms with Gasteiger partial charge in [0.05, 0.1) is 23.6 Å². The van der Waals surface area contributed by atoms with Gasteiger partial charge in [0.15, 0.2) is 22.5 Å². The summed E-state index contributed by atoms with van der Waals surface area (Å²) in [7, 11) is 0. The summed E-state index contributed by atoms with van der Waals surface area (Å²) >= 11 is 18.4. The first-order valence-corrected chi connectivity index (χ1v) is 21.7. The maximum atomic E-state index is 6.34. The summed E-state index contributed by atoms with van der Waals surface area (Å²) in [4.78, 5) is 8.42. The van der Waals surface area contributed by atoms with Gasteiger partial charge in [0.25, 0.3) is 0 Å². The number of anilines is 1. The third-order valence-electron chi connectivity index (χ3n) is 11.8. The maximum Gasteiger partial charge on any atom is 0.243 e. The number of halogens is 3. The van der Waals surface area contributed by atoms with E-state index < -0.39 is 11.6 Å². The van der Waals surface area contributed by atoms with Gasteiger partial charge >= 0.3 is 0 Å². The molecule has 4 aromatic rings. The molecule has 14 nitrogen and oxygen atoms in total. The molecule has 4 aliphatic heterocycles. The topological polar surface area (TPSA) is 154 Å². The zero-order chi connectivity index (χ0) is 40.2. The number of rotatable bonds is 6. The molecular weight excluding hydrogens is 795 g/mol. The third-order valence-corrected chi connectivity index (χ3v) is 12.4. The molecule has 17 heteroatoms. The van der Waals surface area contributed by atoms with Gasteiger partial charge in [-0.2, -0.15) is 4.98 Å². The van der Waals surface area contributed by atoms with Crippen LogP contribution >= 0.6 is 34.8 Å². The highest BCUT2D eigenvalue weighted by molar-refractivity contribution is 6.34. The number of nitrogens with one attached hydrogen (secondary N) is 1. The van der Waals surface area contributed by atoms with E-state index in [4.69, 9.17) is 69.0 Å². The molecule has 0 bridgehead atoms. The monoisotopic (exact) mass is 848 g/mol. The van der Waals surface area contributed by atoms with Crippen molar-refractivity contribution in [3.05, 3.63) is 51.4 Å². The molecule has 4 aromatic heterocycles. The number of aromatic nitrogens is 6. The van der Waals surface area contributed by atoms with Gasteiger partial charge in [0.2, 0.25) is 10.6 Å². The van der Waals surface area contributed by atoms with Gasteiger partial charge in [-0.25, -0.2) is 14.0 Å². The molecule has 10 rings (SSSR count). The lowest BCUT2D eigenvalue weighted by Gasteiger charge is -2.23. The van der Waals surface area contributed by atoms with Crippen molar-refractivity contribution in [1.29, 1.82) is 0 Å². The third kappa shape index (κ3) is 8.51. The standard InChI is InChI=1S/C20H27ClN4O3.C15H17Cl2N3O3.C5H11N/c1-4-14-16-17(28-20(2,3)27-16)15(26-14)12-9-10-13-18(22-11-7-5-6-8-11)23-19(21)24-25(12)13;1-4-9-11-12(23-15(2,3)22-11)10(21-9)7-5-6-8-13(16)18-14(17)19-20(7)8;6-5-3-1-2-4-5/h9-11,14-17H,4-8H2,1-3H3,(H,22,23,24);5-6,9-12H,4H2,1-3H3;5H,1-4,6H2/t14-,15?,16-,17+;9-,10?,11-,12+;/m11./s1. The fourth-order valence-electron chi connectivity index (χ4n) is 9.20. The highest BCUT2D eigenvalue weighted by Gasteiger charge is 2.57. The number of nitrogens with two attached hydrogens (primary N) is 1. The Balaban J connectivity index is 0.000000141. The summed E-state index contributed by atoms with van der Waals surface area (Å²) in [6.45, 7) is 11.9.